The lowest BCUT2D eigenvalue weighted by atomic mass is 9.97. The van der Waals surface area contributed by atoms with Gasteiger partial charge in [0.25, 0.3) is 0 Å². The predicted molar refractivity (Wildman–Crippen MR) is 84.7 cm³/mol. The summed E-state index contributed by atoms with van der Waals surface area (Å²) >= 11 is 6.20. The van der Waals surface area contributed by atoms with Crippen LogP contribution >= 0.6 is 11.6 Å². The van der Waals surface area contributed by atoms with Gasteiger partial charge in [0.2, 0.25) is 0 Å². The molecule has 1 atom stereocenters. The number of benzene rings is 1. The number of piperazine rings is 1. The third kappa shape index (κ3) is 3.87. The summed E-state index contributed by atoms with van der Waals surface area (Å²) in [4.78, 5) is 2.56. The lowest BCUT2D eigenvalue weighted by molar-refractivity contribution is 0.160. The van der Waals surface area contributed by atoms with Crippen molar-refractivity contribution in [1.82, 2.24) is 10.2 Å². The largest absolute Gasteiger partial charge is 0.496 e. The zero-order valence-corrected chi connectivity index (χ0v) is 13.2. The maximum Gasteiger partial charge on any atom is 0.123 e. The highest BCUT2D eigenvalue weighted by Crippen LogP contribution is 2.35. The molecule has 0 radical (unpaired) electrons. The van der Waals surface area contributed by atoms with Gasteiger partial charge in [-0.15, -0.1) is 0 Å². The summed E-state index contributed by atoms with van der Waals surface area (Å²) < 4.78 is 5.55. The Bertz CT molecular complexity index is 419. The van der Waals surface area contributed by atoms with Crippen molar-refractivity contribution >= 4 is 11.6 Å². The first-order valence-corrected chi connectivity index (χ1v) is 7.92. The summed E-state index contributed by atoms with van der Waals surface area (Å²) in [6.07, 6.45) is 3.60. The van der Waals surface area contributed by atoms with Crippen LogP contribution in [0.25, 0.3) is 0 Å². The Balaban J connectivity index is 2.26. The fraction of sp³-hybridized carbons (Fsp3) is 0.625. The highest BCUT2D eigenvalue weighted by atomic mass is 35.5. The van der Waals surface area contributed by atoms with Crippen molar-refractivity contribution in [3.8, 4) is 5.75 Å². The van der Waals surface area contributed by atoms with Crippen LogP contribution in [0.1, 0.15) is 37.8 Å². The number of hydrogen-bond donors (Lipinski definition) is 1. The maximum atomic E-state index is 6.20. The van der Waals surface area contributed by atoms with Gasteiger partial charge in [-0.3, -0.25) is 4.90 Å². The van der Waals surface area contributed by atoms with Crippen molar-refractivity contribution in [2.45, 2.75) is 32.2 Å². The number of rotatable bonds is 6. The summed E-state index contributed by atoms with van der Waals surface area (Å²) in [7, 11) is 1.74. The number of hydrogen-bond acceptors (Lipinski definition) is 3. The van der Waals surface area contributed by atoms with Crippen molar-refractivity contribution in [3.63, 3.8) is 0 Å². The number of nitrogens with one attached hydrogen (secondary N) is 1. The first-order valence-electron chi connectivity index (χ1n) is 7.54. The Labute approximate surface area is 127 Å². The molecule has 1 fully saturated rings. The zero-order valence-electron chi connectivity index (χ0n) is 12.5. The van der Waals surface area contributed by atoms with Gasteiger partial charge in [0.05, 0.1) is 7.11 Å². The molecule has 1 aromatic rings. The van der Waals surface area contributed by atoms with Gasteiger partial charge in [0.15, 0.2) is 0 Å². The average Bonchev–Trinajstić information content (AvgIpc) is 2.49. The quantitative estimate of drug-likeness (QED) is 0.870. The van der Waals surface area contributed by atoms with E-state index >= 15 is 0 Å². The molecule has 20 heavy (non-hydrogen) atoms. The van der Waals surface area contributed by atoms with Crippen LogP contribution < -0.4 is 10.1 Å². The third-order valence-electron chi connectivity index (χ3n) is 3.97. The first-order chi connectivity index (χ1) is 9.76. The molecular formula is C16H25ClN2O. The average molecular weight is 297 g/mol. The van der Waals surface area contributed by atoms with E-state index in [0.29, 0.717) is 6.04 Å². The van der Waals surface area contributed by atoms with Crippen LogP contribution in [0.3, 0.4) is 0 Å². The summed E-state index contributed by atoms with van der Waals surface area (Å²) in [6, 6.07) is 6.37. The van der Waals surface area contributed by atoms with Crippen LogP contribution in [0.15, 0.2) is 18.2 Å². The van der Waals surface area contributed by atoms with Crippen molar-refractivity contribution in [2.75, 3.05) is 33.3 Å². The highest BCUT2D eigenvalue weighted by Gasteiger charge is 2.24. The minimum absolute atomic E-state index is 0.408. The molecule has 3 nitrogen and oxygen atoms in total. The summed E-state index contributed by atoms with van der Waals surface area (Å²) in [6.45, 7) is 6.54. The van der Waals surface area contributed by atoms with E-state index in [1.54, 1.807) is 7.11 Å². The molecule has 2 rings (SSSR count). The fourth-order valence-electron chi connectivity index (χ4n) is 2.89. The van der Waals surface area contributed by atoms with E-state index in [-0.39, 0.29) is 0 Å². The second-order valence-corrected chi connectivity index (χ2v) is 5.77. The minimum atomic E-state index is 0.408. The van der Waals surface area contributed by atoms with E-state index in [9.17, 15) is 0 Å². The molecule has 0 aromatic heterocycles. The highest BCUT2D eigenvalue weighted by molar-refractivity contribution is 6.30. The van der Waals surface area contributed by atoms with Gasteiger partial charge >= 0.3 is 0 Å². The van der Waals surface area contributed by atoms with Gasteiger partial charge in [-0.05, 0) is 24.6 Å². The number of nitrogens with zero attached hydrogens (tertiary/aromatic N) is 1. The second kappa shape index (κ2) is 7.87. The topological polar surface area (TPSA) is 24.5 Å². The Morgan fingerprint density at radius 3 is 2.75 bits per heavy atom. The number of halogens is 1. The molecule has 112 valence electrons. The van der Waals surface area contributed by atoms with Crippen LogP contribution in [0.5, 0.6) is 5.75 Å². The molecule has 0 saturated carbocycles. The predicted octanol–water partition coefficient (Wildman–Crippen LogP) is 3.49. The third-order valence-corrected chi connectivity index (χ3v) is 4.21. The Morgan fingerprint density at radius 2 is 2.10 bits per heavy atom. The van der Waals surface area contributed by atoms with Gasteiger partial charge in [0, 0.05) is 42.8 Å². The Morgan fingerprint density at radius 1 is 1.35 bits per heavy atom. The molecule has 1 heterocycles. The molecule has 1 aromatic carbocycles. The molecule has 1 aliphatic rings. The van der Waals surface area contributed by atoms with Crippen molar-refractivity contribution in [1.29, 1.82) is 0 Å². The molecule has 0 spiro atoms. The maximum absolute atomic E-state index is 6.20. The zero-order chi connectivity index (χ0) is 14.4. The summed E-state index contributed by atoms with van der Waals surface area (Å²) in [5.41, 5.74) is 1.23. The van der Waals surface area contributed by atoms with Gasteiger partial charge in [-0.25, -0.2) is 0 Å². The van der Waals surface area contributed by atoms with Gasteiger partial charge < -0.3 is 10.1 Å². The number of methoxy groups -OCH3 is 1. The van der Waals surface area contributed by atoms with Gasteiger partial charge in [-0.2, -0.15) is 0 Å². The monoisotopic (exact) mass is 296 g/mol. The van der Waals surface area contributed by atoms with E-state index < -0.39 is 0 Å². The van der Waals surface area contributed by atoms with Crippen molar-refractivity contribution in [3.05, 3.63) is 28.8 Å². The molecule has 0 amide bonds. The fourth-order valence-corrected chi connectivity index (χ4v) is 3.07. The molecular weight excluding hydrogens is 272 g/mol. The van der Waals surface area contributed by atoms with E-state index in [2.05, 4.69) is 23.2 Å². The van der Waals surface area contributed by atoms with E-state index in [1.165, 1.54) is 18.4 Å². The van der Waals surface area contributed by atoms with Crippen LogP contribution in [0, 0.1) is 0 Å². The number of ether oxygens (including phenoxy) is 1. The van der Waals surface area contributed by atoms with Crippen molar-refractivity contribution < 1.29 is 4.74 Å². The minimum Gasteiger partial charge on any atom is -0.496 e. The molecule has 0 unspecified atom stereocenters. The Hall–Kier alpha value is -0.770. The summed E-state index contributed by atoms with van der Waals surface area (Å²) in [5.74, 6) is 0.953. The molecule has 0 aliphatic carbocycles. The first kappa shape index (κ1) is 15.6. The van der Waals surface area contributed by atoms with Gasteiger partial charge in [-0.1, -0.05) is 31.4 Å². The van der Waals surface area contributed by atoms with Gasteiger partial charge in [0.1, 0.15) is 5.75 Å². The standard InChI is InChI=1S/C16H25ClN2O/c1-3-4-5-15(19-10-8-18-9-11-19)14-12-13(17)6-7-16(14)20-2/h6-7,12,15,18H,3-5,8-11H2,1-2H3/t15-/m0/s1. The molecule has 1 aliphatic heterocycles. The Kier molecular flexibility index (Phi) is 6.14. The smallest absolute Gasteiger partial charge is 0.123 e. The molecule has 4 heteroatoms. The normalized spacial score (nSPS) is 17.9. The van der Waals surface area contributed by atoms with E-state index in [0.717, 1.165) is 43.4 Å². The molecule has 1 saturated heterocycles. The summed E-state index contributed by atoms with van der Waals surface area (Å²) in [5, 5.41) is 4.21. The lowest BCUT2D eigenvalue weighted by Gasteiger charge is -2.36. The molecule has 1 N–H and O–H groups in total. The van der Waals surface area contributed by atoms with Crippen LogP contribution in [0.4, 0.5) is 0 Å². The molecule has 0 bridgehead atoms. The van der Waals surface area contributed by atoms with E-state index in [4.69, 9.17) is 16.3 Å². The van der Waals surface area contributed by atoms with E-state index in [1.807, 2.05) is 12.1 Å². The van der Waals surface area contributed by atoms with Crippen LogP contribution in [-0.4, -0.2) is 38.2 Å². The SMILES string of the molecule is CCCC[C@@H](c1cc(Cl)ccc1OC)N1CCNCC1. The second-order valence-electron chi connectivity index (χ2n) is 5.33. The number of unbranched alkanes of at least 4 members (excludes halogenated alkanes) is 1. The lowest BCUT2D eigenvalue weighted by Crippen LogP contribution is -2.45. The van der Waals surface area contributed by atoms with Crippen LogP contribution in [0.2, 0.25) is 5.02 Å². The van der Waals surface area contributed by atoms with Crippen molar-refractivity contribution in [2.24, 2.45) is 0 Å². The van der Waals surface area contributed by atoms with Crippen LogP contribution in [-0.2, 0) is 0 Å².